The number of hydrogen-bond donors (Lipinski definition) is 1. The number of hydrogen-bond acceptors (Lipinski definition) is 4. The van der Waals surface area contributed by atoms with Crippen molar-refractivity contribution in [2.24, 2.45) is 0 Å². The van der Waals surface area contributed by atoms with Crippen LogP contribution in [0.2, 0.25) is 0 Å². The Bertz CT molecular complexity index is 715. The summed E-state index contributed by atoms with van der Waals surface area (Å²) in [6, 6.07) is 9.93. The third-order valence-electron chi connectivity index (χ3n) is 3.03. The Labute approximate surface area is 111 Å². The van der Waals surface area contributed by atoms with E-state index in [9.17, 15) is 0 Å². The maximum absolute atomic E-state index is 6.19. The maximum Gasteiger partial charge on any atom is 0.182 e. The van der Waals surface area contributed by atoms with Crippen molar-refractivity contribution in [3.8, 4) is 11.3 Å². The lowest BCUT2D eigenvalue weighted by Gasteiger charge is -2.11. The van der Waals surface area contributed by atoms with Gasteiger partial charge in [0.05, 0.1) is 0 Å². The van der Waals surface area contributed by atoms with E-state index < -0.39 is 0 Å². The first kappa shape index (κ1) is 11.5. The van der Waals surface area contributed by atoms with E-state index in [4.69, 9.17) is 5.73 Å². The molecule has 0 fully saturated rings. The van der Waals surface area contributed by atoms with E-state index in [0.717, 1.165) is 22.7 Å². The molecule has 3 rings (SSSR count). The van der Waals surface area contributed by atoms with Gasteiger partial charge in [0.25, 0.3) is 0 Å². The third kappa shape index (κ3) is 1.79. The molecule has 5 nitrogen and oxygen atoms in total. The predicted octanol–water partition coefficient (Wildman–Crippen LogP) is 2.04. The molecule has 0 saturated heterocycles. The molecular formula is C14H15N5. The minimum absolute atomic E-state index is 0.631. The minimum atomic E-state index is 0.631. The topological polar surface area (TPSA) is 59.5 Å². The number of nitrogen functional groups attached to an aromatic ring is 1. The molecule has 19 heavy (non-hydrogen) atoms. The Balaban J connectivity index is 2.29. The van der Waals surface area contributed by atoms with Crippen LogP contribution in [0.15, 0.2) is 42.7 Å². The molecule has 0 aliphatic rings. The number of benzene rings is 1. The van der Waals surface area contributed by atoms with Crippen molar-refractivity contribution in [1.82, 2.24) is 14.4 Å². The summed E-state index contributed by atoms with van der Waals surface area (Å²) >= 11 is 0. The fourth-order valence-corrected chi connectivity index (χ4v) is 2.11. The molecule has 2 aromatic heterocycles. The number of nitrogens with zero attached hydrogens (tertiary/aromatic N) is 4. The Morgan fingerprint density at radius 3 is 2.58 bits per heavy atom. The van der Waals surface area contributed by atoms with Crippen molar-refractivity contribution < 1.29 is 0 Å². The third-order valence-corrected chi connectivity index (χ3v) is 3.03. The fraction of sp³-hybridized carbons (Fsp3) is 0.143. The van der Waals surface area contributed by atoms with E-state index in [1.165, 1.54) is 0 Å². The van der Waals surface area contributed by atoms with Gasteiger partial charge in [-0.05, 0) is 0 Å². The van der Waals surface area contributed by atoms with E-state index in [1.54, 1.807) is 6.20 Å². The molecular weight excluding hydrogens is 238 g/mol. The zero-order valence-electron chi connectivity index (χ0n) is 10.9. The second-order valence-corrected chi connectivity index (χ2v) is 4.55. The summed E-state index contributed by atoms with van der Waals surface area (Å²) in [7, 11) is 3.88. The molecule has 0 bridgehead atoms. The van der Waals surface area contributed by atoms with Crippen molar-refractivity contribution in [2.75, 3.05) is 24.7 Å². The lowest BCUT2D eigenvalue weighted by molar-refractivity contribution is 1.03. The van der Waals surface area contributed by atoms with Gasteiger partial charge in [-0.1, -0.05) is 30.3 Å². The largest absolute Gasteiger partial charge is 0.383 e. The summed E-state index contributed by atoms with van der Waals surface area (Å²) in [6.07, 6.45) is 3.56. The maximum atomic E-state index is 6.19. The number of fused-ring (bicyclic) bond motifs is 1. The van der Waals surface area contributed by atoms with Gasteiger partial charge in [0.2, 0.25) is 0 Å². The molecule has 3 aromatic rings. The molecule has 0 unspecified atom stereocenters. The molecule has 0 amide bonds. The smallest absolute Gasteiger partial charge is 0.182 e. The summed E-state index contributed by atoms with van der Waals surface area (Å²) in [5.74, 6) is 1.43. The van der Waals surface area contributed by atoms with Gasteiger partial charge in [-0.25, -0.2) is 9.97 Å². The molecule has 1 aromatic carbocycles. The van der Waals surface area contributed by atoms with Gasteiger partial charge in [0, 0.05) is 32.1 Å². The standard InChI is InChI=1S/C14H15N5/c1-18(2)13-14-17-11(10-6-4-3-5-7-10)12(15)19(14)9-8-16-13/h3-9H,15H2,1-2H3. The van der Waals surface area contributed by atoms with Crippen molar-refractivity contribution in [2.45, 2.75) is 0 Å². The summed E-state index contributed by atoms with van der Waals surface area (Å²) in [5.41, 5.74) is 8.76. The molecule has 0 aliphatic carbocycles. The van der Waals surface area contributed by atoms with Gasteiger partial charge in [0.15, 0.2) is 11.5 Å². The summed E-state index contributed by atoms with van der Waals surface area (Å²) in [6.45, 7) is 0. The highest BCUT2D eigenvalue weighted by atomic mass is 15.2. The van der Waals surface area contributed by atoms with Crippen LogP contribution in [-0.4, -0.2) is 28.5 Å². The van der Waals surface area contributed by atoms with Gasteiger partial charge in [-0.15, -0.1) is 0 Å². The van der Waals surface area contributed by atoms with E-state index >= 15 is 0 Å². The second-order valence-electron chi connectivity index (χ2n) is 4.55. The highest BCUT2D eigenvalue weighted by molar-refractivity contribution is 5.79. The molecule has 0 radical (unpaired) electrons. The summed E-state index contributed by atoms with van der Waals surface area (Å²) < 4.78 is 1.87. The van der Waals surface area contributed by atoms with Gasteiger partial charge >= 0.3 is 0 Å². The summed E-state index contributed by atoms with van der Waals surface area (Å²) in [4.78, 5) is 10.9. The van der Waals surface area contributed by atoms with E-state index in [2.05, 4.69) is 9.97 Å². The Hall–Kier alpha value is -2.56. The molecule has 5 heteroatoms. The number of aromatic nitrogens is 3. The number of nitrogens with two attached hydrogens (primary N) is 1. The first-order valence-electron chi connectivity index (χ1n) is 6.04. The molecule has 96 valence electrons. The van der Waals surface area contributed by atoms with Crippen LogP contribution in [0.3, 0.4) is 0 Å². The Morgan fingerprint density at radius 1 is 1.16 bits per heavy atom. The predicted molar refractivity (Wildman–Crippen MR) is 77.2 cm³/mol. The molecule has 0 atom stereocenters. The van der Waals surface area contributed by atoms with Crippen LogP contribution in [0.25, 0.3) is 16.9 Å². The van der Waals surface area contributed by atoms with Crippen LogP contribution in [0.1, 0.15) is 0 Å². The molecule has 2 N–H and O–H groups in total. The monoisotopic (exact) mass is 253 g/mol. The van der Waals surface area contributed by atoms with Crippen LogP contribution in [0, 0.1) is 0 Å². The van der Waals surface area contributed by atoms with Crippen LogP contribution < -0.4 is 10.6 Å². The van der Waals surface area contributed by atoms with E-state index in [1.807, 2.05) is 59.9 Å². The van der Waals surface area contributed by atoms with Crippen LogP contribution >= 0.6 is 0 Å². The van der Waals surface area contributed by atoms with Crippen molar-refractivity contribution in [3.63, 3.8) is 0 Å². The zero-order chi connectivity index (χ0) is 13.4. The lowest BCUT2D eigenvalue weighted by atomic mass is 10.1. The Kier molecular flexibility index (Phi) is 2.59. The molecule has 0 aliphatic heterocycles. The SMILES string of the molecule is CN(C)c1nccn2c(N)c(-c3ccccc3)nc12. The van der Waals surface area contributed by atoms with Crippen molar-refractivity contribution in [3.05, 3.63) is 42.7 Å². The normalized spacial score (nSPS) is 10.8. The first-order valence-corrected chi connectivity index (χ1v) is 6.04. The average molecular weight is 253 g/mol. The average Bonchev–Trinajstić information content (AvgIpc) is 2.77. The fourth-order valence-electron chi connectivity index (χ4n) is 2.11. The highest BCUT2D eigenvalue weighted by Crippen LogP contribution is 2.28. The van der Waals surface area contributed by atoms with Crippen LogP contribution in [0.5, 0.6) is 0 Å². The van der Waals surface area contributed by atoms with Gasteiger partial charge in [0.1, 0.15) is 11.5 Å². The van der Waals surface area contributed by atoms with Gasteiger partial charge < -0.3 is 10.6 Å². The van der Waals surface area contributed by atoms with E-state index in [0.29, 0.717) is 5.82 Å². The van der Waals surface area contributed by atoms with Gasteiger partial charge in [-0.2, -0.15) is 0 Å². The highest BCUT2D eigenvalue weighted by Gasteiger charge is 2.15. The molecule has 0 saturated carbocycles. The number of rotatable bonds is 2. The quantitative estimate of drug-likeness (QED) is 0.759. The number of imidazole rings is 1. The lowest BCUT2D eigenvalue weighted by Crippen LogP contribution is -2.12. The zero-order valence-corrected chi connectivity index (χ0v) is 10.9. The van der Waals surface area contributed by atoms with E-state index in [-0.39, 0.29) is 0 Å². The Morgan fingerprint density at radius 2 is 1.89 bits per heavy atom. The summed E-state index contributed by atoms with van der Waals surface area (Å²) in [5, 5.41) is 0. The first-order chi connectivity index (χ1) is 9.18. The van der Waals surface area contributed by atoms with Gasteiger partial charge in [-0.3, -0.25) is 4.40 Å². The van der Waals surface area contributed by atoms with Crippen molar-refractivity contribution >= 4 is 17.3 Å². The second kappa shape index (κ2) is 4.28. The minimum Gasteiger partial charge on any atom is -0.383 e. The molecule has 0 spiro atoms. The molecule has 2 heterocycles. The van der Waals surface area contributed by atoms with Crippen LogP contribution in [0.4, 0.5) is 11.6 Å². The number of anilines is 2. The van der Waals surface area contributed by atoms with Crippen LogP contribution in [-0.2, 0) is 0 Å². The van der Waals surface area contributed by atoms with Crippen molar-refractivity contribution in [1.29, 1.82) is 0 Å².